The number of hydrogen-bond acceptors (Lipinski definition) is 5. The zero-order valence-corrected chi connectivity index (χ0v) is 12.7. The van der Waals surface area contributed by atoms with E-state index in [1.54, 1.807) is 6.07 Å². The largest absolute Gasteiger partial charge is 0.492 e. The maximum atomic E-state index is 12.3. The lowest BCUT2D eigenvalue weighted by Gasteiger charge is -2.10. The Morgan fingerprint density at radius 2 is 2.19 bits per heavy atom. The molecule has 0 aliphatic heterocycles. The van der Waals surface area contributed by atoms with Crippen LogP contribution in [0.4, 0.5) is 5.13 Å². The Kier molecular flexibility index (Phi) is 4.15. The summed E-state index contributed by atoms with van der Waals surface area (Å²) in [6, 6.07) is 7.30. The highest BCUT2D eigenvalue weighted by molar-refractivity contribution is 7.15. The van der Waals surface area contributed by atoms with E-state index < -0.39 is 0 Å². The summed E-state index contributed by atoms with van der Waals surface area (Å²) in [7, 11) is 0. The van der Waals surface area contributed by atoms with E-state index in [1.807, 2.05) is 25.1 Å². The van der Waals surface area contributed by atoms with Crippen molar-refractivity contribution in [1.29, 1.82) is 0 Å². The minimum atomic E-state index is -0.208. The van der Waals surface area contributed by atoms with Crippen LogP contribution in [0.15, 0.2) is 24.3 Å². The van der Waals surface area contributed by atoms with Crippen molar-refractivity contribution in [2.75, 3.05) is 11.9 Å². The Balaban J connectivity index is 1.70. The minimum Gasteiger partial charge on any atom is -0.492 e. The van der Waals surface area contributed by atoms with Crippen molar-refractivity contribution >= 4 is 22.4 Å². The fourth-order valence-corrected chi connectivity index (χ4v) is 2.56. The topological polar surface area (TPSA) is 64.1 Å². The van der Waals surface area contributed by atoms with Crippen molar-refractivity contribution in [3.63, 3.8) is 0 Å². The first-order chi connectivity index (χ1) is 10.3. The first-order valence-corrected chi connectivity index (χ1v) is 7.93. The maximum absolute atomic E-state index is 12.3. The molecule has 1 N–H and O–H groups in total. The number of aryl methyl sites for hydroxylation is 1. The van der Waals surface area contributed by atoms with Crippen LogP contribution in [0.25, 0.3) is 0 Å². The van der Waals surface area contributed by atoms with E-state index >= 15 is 0 Å². The number of rotatable bonds is 6. The van der Waals surface area contributed by atoms with Gasteiger partial charge in [-0.1, -0.05) is 30.4 Å². The standard InChI is InChI=1S/C15H17N3O2S/c1-2-13-17-18-15(21-13)16-14(19)11-5-3-4-6-12(11)20-9-10-7-8-10/h3-6,10H,2,7-9H2,1H3,(H,16,18,19). The number of amides is 1. The maximum Gasteiger partial charge on any atom is 0.261 e. The second-order valence-electron chi connectivity index (χ2n) is 5.06. The molecule has 2 aromatic rings. The van der Waals surface area contributed by atoms with Crippen LogP contribution in [-0.2, 0) is 6.42 Å². The molecule has 1 aromatic carbocycles. The van der Waals surface area contributed by atoms with E-state index in [0.717, 1.165) is 11.4 Å². The number of hydrogen-bond donors (Lipinski definition) is 1. The smallest absolute Gasteiger partial charge is 0.261 e. The molecule has 3 rings (SSSR count). The lowest BCUT2D eigenvalue weighted by atomic mass is 10.2. The quantitative estimate of drug-likeness (QED) is 0.890. The number of carbonyl (C=O) groups is 1. The summed E-state index contributed by atoms with van der Waals surface area (Å²) in [6.07, 6.45) is 3.26. The lowest BCUT2D eigenvalue weighted by Crippen LogP contribution is -2.14. The van der Waals surface area contributed by atoms with Gasteiger partial charge in [-0.3, -0.25) is 10.1 Å². The van der Waals surface area contributed by atoms with Crippen LogP contribution in [0.2, 0.25) is 0 Å². The lowest BCUT2D eigenvalue weighted by molar-refractivity contribution is 0.102. The molecule has 0 atom stereocenters. The van der Waals surface area contributed by atoms with Crippen molar-refractivity contribution in [2.24, 2.45) is 5.92 Å². The van der Waals surface area contributed by atoms with Crippen LogP contribution in [0.5, 0.6) is 5.75 Å². The summed E-state index contributed by atoms with van der Waals surface area (Å²) in [4.78, 5) is 12.3. The molecule has 0 spiro atoms. The Bertz CT molecular complexity index is 637. The third kappa shape index (κ3) is 3.58. The fraction of sp³-hybridized carbons (Fsp3) is 0.400. The number of para-hydroxylation sites is 1. The Morgan fingerprint density at radius 3 is 2.90 bits per heavy atom. The molecule has 1 aromatic heterocycles. The van der Waals surface area contributed by atoms with E-state index in [-0.39, 0.29) is 5.91 Å². The molecule has 110 valence electrons. The molecule has 6 heteroatoms. The number of carbonyl (C=O) groups excluding carboxylic acids is 1. The molecular weight excluding hydrogens is 286 g/mol. The predicted octanol–water partition coefficient (Wildman–Crippen LogP) is 3.14. The van der Waals surface area contributed by atoms with Gasteiger partial charge in [0.1, 0.15) is 10.8 Å². The van der Waals surface area contributed by atoms with Crippen molar-refractivity contribution < 1.29 is 9.53 Å². The normalized spacial score (nSPS) is 14.0. The average molecular weight is 303 g/mol. The summed E-state index contributed by atoms with van der Waals surface area (Å²) >= 11 is 1.39. The zero-order valence-electron chi connectivity index (χ0n) is 11.8. The molecule has 5 nitrogen and oxygen atoms in total. The van der Waals surface area contributed by atoms with Crippen LogP contribution in [-0.4, -0.2) is 22.7 Å². The molecular formula is C15H17N3O2S. The highest BCUT2D eigenvalue weighted by Crippen LogP contribution is 2.30. The number of ether oxygens (including phenoxy) is 1. The molecule has 1 amide bonds. The zero-order chi connectivity index (χ0) is 14.7. The molecule has 21 heavy (non-hydrogen) atoms. The number of nitrogens with one attached hydrogen (secondary N) is 1. The average Bonchev–Trinajstić information content (AvgIpc) is 3.23. The van der Waals surface area contributed by atoms with Gasteiger partial charge in [0.05, 0.1) is 12.2 Å². The summed E-state index contributed by atoms with van der Waals surface area (Å²) in [5, 5.41) is 12.2. The van der Waals surface area contributed by atoms with Gasteiger partial charge in [0, 0.05) is 0 Å². The van der Waals surface area contributed by atoms with Gasteiger partial charge in [0.25, 0.3) is 5.91 Å². The van der Waals surface area contributed by atoms with Gasteiger partial charge in [-0.05, 0) is 37.3 Å². The molecule has 0 saturated heterocycles. The van der Waals surface area contributed by atoms with E-state index in [9.17, 15) is 4.79 Å². The monoisotopic (exact) mass is 303 g/mol. The van der Waals surface area contributed by atoms with Gasteiger partial charge in [-0.25, -0.2) is 0 Å². The summed E-state index contributed by atoms with van der Waals surface area (Å²) in [6.45, 7) is 2.69. The first kappa shape index (κ1) is 14.0. The SMILES string of the molecule is CCc1nnc(NC(=O)c2ccccc2OCC2CC2)s1. The predicted molar refractivity (Wildman–Crippen MR) is 81.9 cm³/mol. The summed E-state index contributed by atoms with van der Waals surface area (Å²) < 4.78 is 5.75. The summed E-state index contributed by atoms with van der Waals surface area (Å²) in [5.41, 5.74) is 0.534. The van der Waals surface area contributed by atoms with Crippen molar-refractivity contribution in [2.45, 2.75) is 26.2 Å². The van der Waals surface area contributed by atoms with Gasteiger partial charge < -0.3 is 4.74 Å². The van der Waals surface area contributed by atoms with E-state index in [0.29, 0.717) is 29.0 Å². The van der Waals surface area contributed by atoms with Crippen LogP contribution < -0.4 is 10.1 Å². The van der Waals surface area contributed by atoms with Crippen LogP contribution in [0.3, 0.4) is 0 Å². The number of nitrogens with zero attached hydrogens (tertiary/aromatic N) is 2. The number of benzene rings is 1. The van der Waals surface area contributed by atoms with Crippen molar-refractivity contribution in [1.82, 2.24) is 10.2 Å². The van der Waals surface area contributed by atoms with Gasteiger partial charge >= 0.3 is 0 Å². The second kappa shape index (κ2) is 6.22. The highest BCUT2D eigenvalue weighted by Gasteiger charge is 2.23. The number of aromatic nitrogens is 2. The Labute approximate surface area is 127 Å². The molecule has 1 heterocycles. The van der Waals surface area contributed by atoms with Gasteiger partial charge in [-0.15, -0.1) is 10.2 Å². The van der Waals surface area contributed by atoms with Crippen LogP contribution in [0, 0.1) is 5.92 Å². The van der Waals surface area contributed by atoms with E-state index in [2.05, 4.69) is 15.5 Å². The number of anilines is 1. The van der Waals surface area contributed by atoms with Gasteiger partial charge in [0.15, 0.2) is 0 Å². The van der Waals surface area contributed by atoms with Crippen molar-refractivity contribution in [3.05, 3.63) is 34.8 Å². The molecule has 0 radical (unpaired) electrons. The fourth-order valence-electron chi connectivity index (χ4n) is 1.88. The highest BCUT2D eigenvalue weighted by atomic mass is 32.1. The van der Waals surface area contributed by atoms with Gasteiger partial charge in [-0.2, -0.15) is 0 Å². The Morgan fingerprint density at radius 1 is 1.38 bits per heavy atom. The molecule has 1 saturated carbocycles. The minimum absolute atomic E-state index is 0.208. The third-order valence-corrected chi connectivity index (χ3v) is 4.28. The molecule has 1 aliphatic carbocycles. The van der Waals surface area contributed by atoms with E-state index in [1.165, 1.54) is 24.2 Å². The molecule has 0 bridgehead atoms. The molecule has 1 fully saturated rings. The van der Waals surface area contributed by atoms with Gasteiger partial charge in [0.2, 0.25) is 5.13 Å². The van der Waals surface area contributed by atoms with Crippen LogP contribution >= 0.6 is 11.3 Å². The van der Waals surface area contributed by atoms with Crippen LogP contribution in [0.1, 0.15) is 35.1 Å². The van der Waals surface area contributed by atoms with E-state index in [4.69, 9.17) is 4.74 Å². The molecule has 1 aliphatic rings. The first-order valence-electron chi connectivity index (χ1n) is 7.12. The summed E-state index contributed by atoms with van der Waals surface area (Å²) in [5.74, 6) is 1.07. The van der Waals surface area contributed by atoms with Crippen molar-refractivity contribution in [3.8, 4) is 5.75 Å². The molecule has 0 unspecified atom stereocenters. The third-order valence-electron chi connectivity index (χ3n) is 3.29. The second-order valence-corrected chi connectivity index (χ2v) is 6.12. The Hall–Kier alpha value is -1.95.